The molecular formula is C9H6ClNO2S. The summed E-state index contributed by atoms with van der Waals surface area (Å²) < 4.78 is 5.81. The van der Waals surface area contributed by atoms with Gasteiger partial charge >= 0.3 is 0 Å². The van der Waals surface area contributed by atoms with E-state index in [4.69, 9.17) is 16.0 Å². The van der Waals surface area contributed by atoms with Crippen molar-refractivity contribution in [2.45, 2.75) is 6.92 Å². The molecule has 14 heavy (non-hydrogen) atoms. The van der Waals surface area contributed by atoms with Crippen LogP contribution < -0.4 is 0 Å². The Morgan fingerprint density at radius 1 is 1.57 bits per heavy atom. The lowest BCUT2D eigenvalue weighted by Crippen LogP contribution is -1.90. The molecule has 0 amide bonds. The van der Waals surface area contributed by atoms with Crippen LogP contribution in [0.5, 0.6) is 0 Å². The number of nitrogens with zero attached hydrogens (tertiary/aromatic N) is 1. The van der Waals surface area contributed by atoms with Crippen molar-refractivity contribution in [1.29, 1.82) is 0 Å². The van der Waals surface area contributed by atoms with Crippen LogP contribution in [-0.4, -0.2) is 10.8 Å². The number of carbonyl (C=O) groups excluding carboxylic acids is 1. The summed E-state index contributed by atoms with van der Waals surface area (Å²) in [5.74, 6) is 0.328. The number of rotatable bonds is 2. The number of thiophene rings is 1. The van der Waals surface area contributed by atoms with Crippen LogP contribution >= 0.6 is 22.9 Å². The highest BCUT2D eigenvalue weighted by Gasteiger charge is 2.11. The number of ketones is 1. The number of oxazole rings is 1. The van der Waals surface area contributed by atoms with Crippen molar-refractivity contribution in [2.24, 2.45) is 0 Å². The normalized spacial score (nSPS) is 10.4. The second kappa shape index (κ2) is 3.55. The van der Waals surface area contributed by atoms with Crippen LogP contribution in [0.2, 0.25) is 4.34 Å². The first-order valence-corrected chi connectivity index (χ1v) is 5.08. The Labute approximate surface area is 89.3 Å². The zero-order valence-corrected chi connectivity index (χ0v) is 8.85. The number of hydrogen-bond acceptors (Lipinski definition) is 4. The third-order valence-electron chi connectivity index (χ3n) is 1.65. The molecule has 0 unspecified atom stereocenters. The molecule has 0 aliphatic carbocycles. The van der Waals surface area contributed by atoms with E-state index in [2.05, 4.69) is 4.98 Å². The average molecular weight is 228 g/mol. The molecule has 5 heteroatoms. The lowest BCUT2D eigenvalue weighted by Gasteiger charge is -1.84. The maximum atomic E-state index is 11.0. The Bertz CT molecular complexity index is 475. The van der Waals surface area contributed by atoms with Gasteiger partial charge in [0.05, 0.1) is 9.21 Å². The first-order valence-electron chi connectivity index (χ1n) is 3.89. The van der Waals surface area contributed by atoms with Crippen LogP contribution in [0.25, 0.3) is 10.8 Å². The molecule has 0 saturated heterocycles. The van der Waals surface area contributed by atoms with E-state index in [1.165, 1.54) is 24.5 Å². The van der Waals surface area contributed by atoms with E-state index < -0.39 is 0 Å². The average Bonchev–Trinajstić information content (AvgIpc) is 2.70. The number of hydrogen-bond donors (Lipinski definition) is 0. The number of aromatic nitrogens is 1. The highest BCUT2D eigenvalue weighted by molar-refractivity contribution is 7.19. The topological polar surface area (TPSA) is 43.1 Å². The molecule has 2 aromatic rings. The van der Waals surface area contributed by atoms with Crippen LogP contribution in [0.4, 0.5) is 0 Å². The van der Waals surface area contributed by atoms with Crippen molar-refractivity contribution >= 4 is 28.7 Å². The molecule has 72 valence electrons. The van der Waals surface area contributed by atoms with Crippen LogP contribution in [0, 0.1) is 0 Å². The molecular weight excluding hydrogens is 222 g/mol. The van der Waals surface area contributed by atoms with Crippen molar-refractivity contribution in [3.05, 3.63) is 28.4 Å². The Morgan fingerprint density at radius 3 is 2.86 bits per heavy atom. The maximum Gasteiger partial charge on any atom is 0.236 e. The highest BCUT2D eigenvalue weighted by atomic mass is 35.5. The minimum absolute atomic E-state index is 0.109. The van der Waals surface area contributed by atoms with Gasteiger partial charge in [0.1, 0.15) is 12.0 Å². The number of carbonyl (C=O) groups is 1. The van der Waals surface area contributed by atoms with Gasteiger partial charge in [-0.1, -0.05) is 11.6 Å². The Morgan fingerprint density at radius 2 is 2.36 bits per heavy atom. The zero-order valence-electron chi connectivity index (χ0n) is 7.28. The fourth-order valence-corrected chi connectivity index (χ4v) is 1.95. The molecule has 0 aliphatic rings. The summed E-state index contributed by atoms with van der Waals surface area (Å²) in [7, 11) is 0. The number of halogens is 1. The van der Waals surface area contributed by atoms with Gasteiger partial charge in [-0.2, -0.15) is 0 Å². The van der Waals surface area contributed by atoms with Crippen LogP contribution in [0.15, 0.2) is 22.8 Å². The van der Waals surface area contributed by atoms with Gasteiger partial charge in [-0.05, 0) is 12.1 Å². The summed E-state index contributed by atoms with van der Waals surface area (Å²) in [6.07, 6.45) is 1.35. The molecule has 2 heterocycles. The van der Waals surface area contributed by atoms with Gasteiger partial charge < -0.3 is 4.42 Å². The summed E-state index contributed by atoms with van der Waals surface area (Å²) >= 11 is 7.13. The van der Waals surface area contributed by atoms with Gasteiger partial charge in [-0.3, -0.25) is 4.79 Å². The van der Waals surface area contributed by atoms with Crippen LogP contribution in [-0.2, 0) is 0 Å². The summed E-state index contributed by atoms with van der Waals surface area (Å²) in [6.45, 7) is 1.45. The minimum Gasteiger partial charge on any atom is -0.443 e. The van der Waals surface area contributed by atoms with E-state index in [9.17, 15) is 4.79 Å². The highest BCUT2D eigenvalue weighted by Crippen LogP contribution is 2.30. The first-order chi connectivity index (χ1) is 6.66. The van der Waals surface area contributed by atoms with Crippen LogP contribution in [0.1, 0.15) is 17.4 Å². The van der Waals surface area contributed by atoms with E-state index in [0.717, 1.165) is 4.88 Å². The van der Waals surface area contributed by atoms with E-state index in [1.54, 1.807) is 6.07 Å². The SMILES string of the molecule is CC(=O)c1coc(-c2ccc(Cl)s2)n1. The second-order valence-corrected chi connectivity index (χ2v) is 4.41. The van der Waals surface area contributed by atoms with Crippen LogP contribution in [0.3, 0.4) is 0 Å². The predicted octanol–water partition coefficient (Wildman–Crippen LogP) is 3.26. The van der Waals surface area contributed by atoms with Crippen molar-refractivity contribution in [3.8, 4) is 10.8 Å². The van der Waals surface area contributed by atoms with Gasteiger partial charge in [-0.15, -0.1) is 11.3 Å². The molecule has 0 aliphatic heterocycles. The summed E-state index contributed by atoms with van der Waals surface area (Å²) in [5.41, 5.74) is 0.338. The zero-order chi connectivity index (χ0) is 10.1. The molecule has 0 radical (unpaired) electrons. The molecule has 2 aromatic heterocycles. The quantitative estimate of drug-likeness (QED) is 0.740. The Hall–Kier alpha value is -1.13. The Balaban J connectivity index is 2.38. The molecule has 0 atom stereocenters. The van der Waals surface area contributed by atoms with E-state index >= 15 is 0 Å². The summed E-state index contributed by atoms with van der Waals surface area (Å²) in [4.78, 5) is 15.8. The summed E-state index contributed by atoms with van der Waals surface area (Å²) in [5, 5.41) is 0. The van der Waals surface area contributed by atoms with Crippen molar-refractivity contribution in [2.75, 3.05) is 0 Å². The second-order valence-electron chi connectivity index (χ2n) is 2.70. The maximum absolute atomic E-state index is 11.0. The summed E-state index contributed by atoms with van der Waals surface area (Å²) in [6, 6.07) is 3.57. The van der Waals surface area contributed by atoms with Gasteiger partial charge in [0.2, 0.25) is 5.89 Å². The Kier molecular flexibility index (Phi) is 2.39. The lowest BCUT2D eigenvalue weighted by molar-refractivity contribution is 0.101. The predicted molar refractivity (Wildman–Crippen MR) is 54.8 cm³/mol. The third-order valence-corrected chi connectivity index (χ3v) is 2.87. The fourth-order valence-electron chi connectivity index (χ4n) is 0.978. The molecule has 0 spiro atoms. The minimum atomic E-state index is -0.109. The molecule has 0 aromatic carbocycles. The van der Waals surface area contributed by atoms with E-state index in [0.29, 0.717) is 15.9 Å². The van der Waals surface area contributed by atoms with Crippen molar-refractivity contribution in [3.63, 3.8) is 0 Å². The van der Waals surface area contributed by atoms with Crippen molar-refractivity contribution in [1.82, 2.24) is 4.98 Å². The molecule has 2 rings (SSSR count). The van der Waals surface area contributed by atoms with Crippen molar-refractivity contribution < 1.29 is 9.21 Å². The molecule has 0 fully saturated rings. The standard InChI is InChI=1S/C9H6ClNO2S/c1-5(12)6-4-13-9(11-6)7-2-3-8(10)14-7/h2-4H,1H3. The smallest absolute Gasteiger partial charge is 0.236 e. The third kappa shape index (κ3) is 1.71. The molecule has 3 nitrogen and oxygen atoms in total. The van der Waals surface area contributed by atoms with E-state index in [1.807, 2.05) is 6.07 Å². The van der Waals surface area contributed by atoms with E-state index in [-0.39, 0.29) is 5.78 Å². The van der Waals surface area contributed by atoms with Gasteiger partial charge in [0.15, 0.2) is 5.78 Å². The lowest BCUT2D eigenvalue weighted by atomic mass is 10.3. The van der Waals surface area contributed by atoms with Gasteiger partial charge in [0, 0.05) is 6.92 Å². The molecule has 0 N–H and O–H groups in total. The largest absolute Gasteiger partial charge is 0.443 e. The van der Waals surface area contributed by atoms with Gasteiger partial charge in [0.25, 0.3) is 0 Å². The molecule has 0 bridgehead atoms. The number of Topliss-reactive ketones (excluding diaryl/α,β-unsaturated/α-hetero) is 1. The fraction of sp³-hybridized carbons (Fsp3) is 0.111. The molecule has 0 saturated carbocycles. The monoisotopic (exact) mass is 227 g/mol. The first kappa shape index (κ1) is 9.43. The van der Waals surface area contributed by atoms with Gasteiger partial charge in [-0.25, -0.2) is 4.98 Å².